The Morgan fingerprint density at radius 2 is 0.694 bits per heavy atom. The van der Waals surface area contributed by atoms with Gasteiger partial charge in [-0.1, -0.05) is 276 Å². The first-order valence-corrected chi connectivity index (χ1v) is 34.0. The van der Waals surface area contributed by atoms with Crippen LogP contribution in [0.2, 0.25) is 0 Å². The van der Waals surface area contributed by atoms with E-state index >= 15 is 0 Å². The molecule has 5 nitrogen and oxygen atoms in total. The minimum absolute atomic E-state index is 0.187. The molecule has 0 bridgehead atoms. The summed E-state index contributed by atoms with van der Waals surface area (Å²) in [6.45, 7) is 9.55. The van der Waals surface area contributed by atoms with Gasteiger partial charge in [0.05, 0.1) is 11.0 Å². The molecule has 462 valence electrons. The minimum atomic E-state index is -0.347. The van der Waals surface area contributed by atoms with Crippen molar-refractivity contribution in [1.29, 1.82) is 0 Å². The van der Waals surface area contributed by atoms with E-state index in [1.54, 1.807) is 0 Å². The van der Waals surface area contributed by atoms with E-state index in [1.165, 1.54) is 82.4 Å². The van der Waals surface area contributed by atoms with Crippen molar-refractivity contribution in [3.05, 3.63) is 344 Å². The second kappa shape index (κ2) is 22.1. The van der Waals surface area contributed by atoms with Crippen LogP contribution in [0.15, 0.2) is 322 Å². The third kappa shape index (κ3) is 9.03. The van der Waals surface area contributed by atoms with Crippen LogP contribution in [0.4, 0.5) is 17.1 Å². The lowest BCUT2D eigenvalue weighted by molar-refractivity contribution is 0.660. The van der Waals surface area contributed by atoms with Crippen molar-refractivity contribution in [2.75, 3.05) is 4.90 Å². The largest absolute Gasteiger partial charge is 0.310 e. The fraction of sp³-hybridized carbons (Fsp3) is 0.0645. The van der Waals surface area contributed by atoms with Crippen LogP contribution in [-0.4, -0.2) is 19.5 Å². The van der Waals surface area contributed by atoms with Crippen LogP contribution in [0.5, 0.6) is 0 Å². The highest BCUT2D eigenvalue weighted by Gasteiger charge is 2.40. The van der Waals surface area contributed by atoms with Gasteiger partial charge in [0.2, 0.25) is 5.95 Å². The molecule has 15 aromatic carbocycles. The van der Waals surface area contributed by atoms with Crippen LogP contribution in [0.3, 0.4) is 0 Å². The van der Waals surface area contributed by atoms with Gasteiger partial charge >= 0.3 is 0 Å². The predicted octanol–water partition coefficient (Wildman–Crippen LogP) is 24.5. The van der Waals surface area contributed by atoms with E-state index in [2.05, 4.69) is 359 Å². The monoisotopic (exact) mass is 1250 g/mol. The number of benzene rings is 15. The molecule has 2 aliphatic rings. The molecule has 2 heterocycles. The van der Waals surface area contributed by atoms with Gasteiger partial charge in [0.1, 0.15) is 0 Å². The first-order valence-electron chi connectivity index (χ1n) is 34.0. The van der Waals surface area contributed by atoms with Crippen molar-refractivity contribution in [3.8, 4) is 95.5 Å². The van der Waals surface area contributed by atoms with Crippen molar-refractivity contribution in [2.24, 2.45) is 0 Å². The fourth-order valence-electron chi connectivity index (χ4n) is 16.3. The number of hydrogen-bond donors (Lipinski definition) is 0. The van der Waals surface area contributed by atoms with Crippen LogP contribution in [0.25, 0.3) is 150 Å². The molecule has 0 N–H and O–H groups in total. The van der Waals surface area contributed by atoms with E-state index in [1.807, 2.05) is 0 Å². The zero-order valence-corrected chi connectivity index (χ0v) is 54.8. The molecule has 0 spiro atoms. The second-order valence-corrected chi connectivity index (χ2v) is 27.5. The van der Waals surface area contributed by atoms with Crippen LogP contribution in [-0.2, 0) is 10.8 Å². The smallest absolute Gasteiger partial charge is 0.238 e. The highest BCUT2D eigenvalue weighted by molar-refractivity contribution is 6.27. The van der Waals surface area contributed by atoms with Gasteiger partial charge in [-0.15, -0.1) is 0 Å². The molecule has 5 heteroatoms. The lowest BCUT2D eigenvalue weighted by Crippen LogP contribution is -2.16. The quantitative estimate of drug-likeness (QED) is 0.128. The number of rotatable bonds is 10. The summed E-state index contributed by atoms with van der Waals surface area (Å²) >= 11 is 0. The summed E-state index contributed by atoms with van der Waals surface area (Å²) in [6, 6.07) is 118. The Kier molecular flexibility index (Phi) is 12.9. The second-order valence-electron chi connectivity index (χ2n) is 27.5. The van der Waals surface area contributed by atoms with Gasteiger partial charge in [-0.3, -0.25) is 4.57 Å². The standard InChI is InChI=1S/C93H65N5/c1-92(2)81-40-19-18-39-75(81)76-47-46-70(55-83(76)92)97(68-33-21-30-64(52-68)60-27-12-7-13-28-60)69-34-22-31-65(53-69)66-45-49-85-80(54-66)88-86(50-48-82-87(88)79-56-77-73-37-16-14-35-71(73)72-36-15-17-38-74(72)78(77)57-84(79)93(82,3)4)98(85)91-95-89(62-43-41-61(42-44-62)58-23-8-5-9-24-58)94-90(96-91)67-32-20-29-63(51-67)59-25-10-6-11-26-59/h5-57H,1-4H3. The van der Waals surface area contributed by atoms with E-state index in [9.17, 15) is 0 Å². The van der Waals surface area contributed by atoms with Gasteiger partial charge in [0.15, 0.2) is 11.6 Å². The molecule has 2 aromatic heterocycles. The lowest BCUT2D eigenvalue weighted by Gasteiger charge is -2.29. The molecule has 0 atom stereocenters. The molecular weight excluding hydrogens is 1190 g/mol. The molecular formula is C93H65N5. The number of anilines is 3. The molecule has 2 aliphatic carbocycles. The Morgan fingerprint density at radius 1 is 0.255 bits per heavy atom. The number of nitrogens with zero attached hydrogens (tertiary/aromatic N) is 5. The van der Waals surface area contributed by atoms with Crippen molar-refractivity contribution in [2.45, 2.75) is 38.5 Å². The van der Waals surface area contributed by atoms with Gasteiger partial charge in [0, 0.05) is 49.8 Å². The van der Waals surface area contributed by atoms with Gasteiger partial charge < -0.3 is 4.90 Å². The van der Waals surface area contributed by atoms with E-state index < -0.39 is 0 Å². The van der Waals surface area contributed by atoms with Gasteiger partial charge in [0.25, 0.3) is 0 Å². The molecule has 17 aromatic rings. The highest BCUT2D eigenvalue weighted by atomic mass is 15.2. The third-order valence-corrected chi connectivity index (χ3v) is 21.2. The van der Waals surface area contributed by atoms with Crippen molar-refractivity contribution >= 4 is 71.2 Å². The Balaban J connectivity index is 0.849. The van der Waals surface area contributed by atoms with Crippen LogP contribution in [0.1, 0.15) is 49.9 Å². The van der Waals surface area contributed by atoms with Gasteiger partial charge in [-0.05, 0) is 194 Å². The summed E-state index contributed by atoms with van der Waals surface area (Å²) in [5, 5.41) is 9.84. The van der Waals surface area contributed by atoms with Crippen molar-refractivity contribution in [3.63, 3.8) is 0 Å². The summed E-state index contributed by atoms with van der Waals surface area (Å²) in [6.07, 6.45) is 0. The number of fused-ring (bicyclic) bond motifs is 16. The summed E-state index contributed by atoms with van der Waals surface area (Å²) in [4.78, 5) is 19.1. The SMILES string of the molecule is CC1(C)c2ccccc2-c2ccc(N(c3cccc(-c4ccccc4)c3)c3cccc(-c4ccc5c(c4)c4c6c(ccc4n5-c4nc(-c5ccc(-c7ccccc7)cc5)nc(-c5cccc(-c7ccccc7)c5)n4)C(C)(C)c4cc5c7ccccc7c7ccccc7c5cc4-6)c3)cc21. The van der Waals surface area contributed by atoms with Crippen LogP contribution < -0.4 is 4.90 Å². The van der Waals surface area contributed by atoms with Gasteiger partial charge in [-0.25, -0.2) is 4.98 Å². The summed E-state index contributed by atoms with van der Waals surface area (Å²) in [5.74, 6) is 1.72. The van der Waals surface area contributed by atoms with Gasteiger partial charge in [-0.2, -0.15) is 9.97 Å². The highest BCUT2D eigenvalue weighted by Crippen LogP contribution is 2.56. The van der Waals surface area contributed by atoms with Crippen molar-refractivity contribution < 1.29 is 0 Å². The fourth-order valence-corrected chi connectivity index (χ4v) is 16.3. The number of hydrogen-bond acceptors (Lipinski definition) is 4. The minimum Gasteiger partial charge on any atom is -0.310 e. The molecule has 0 saturated carbocycles. The molecule has 0 unspecified atom stereocenters. The molecule has 0 fully saturated rings. The number of aromatic nitrogens is 4. The maximum atomic E-state index is 5.61. The Labute approximate surface area is 569 Å². The zero-order valence-electron chi connectivity index (χ0n) is 54.8. The van der Waals surface area contributed by atoms with E-state index in [0.29, 0.717) is 17.6 Å². The van der Waals surface area contributed by atoms with Crippen LogP contribution >= 0.6 is 0 Å². The molecule has 0 amide bonds. The normalized spacial score (nSPS) is 13.3. The maximum Gasteiger partial charge on any atom is 0.238 e. The zero-order chi connectivity index (χ0) is 65.4. The molecule has 0 aliphatic heterocycles. The lowest BCUT2D eigenvalue weighted by atomic mass is 9.81. The van der Waals surface area contributed by atoms with E-state index in [-0.39, 0.29) is 10.8 Å². The molecule has 0 saturated heterocycles. The first kappa shape index (κ1) is 57.2. The summed E-state index contributed by atoms with van der Waals surface area (Å²) in [5.41, 5.74) is 25.9. The van der Waals surface area contributed by atoms with E-state index in [4.69, 9.17) is 15.0 Å². The Hall–Kier alpha value is -12.3. The first-order chi connectivity index (χ1) is 48.1. The predicted molar refractivity (Wildman–Crippen MR) is 409 cm³/mol. The van der Waals surface area contributed by atoms with Crippen molar-refractivity contribution in [1.82, 2.24) is 19.5 Å². The Bertz CT molecular complexity index is 6100. The average Bonchev–Trinajstić information content (AvgIpc) is 1.53. The molecule has 19 rings (SSSR count). The molecule has 0 radical (unpaired) electrons. The Morgan fingerprint density at radius 3 is 1.35 bits per heavy atom. The summed E-state index contributed by atoms with van der Waals surface area (Å²) in [7, 11) is 0. The average molecular weight is 1250 g/mol. The van der Waals surface area contributed by atoms with E-state index in [0.717, 1.165) is 88.9 Å². The maximum absolute atomic E-state index is 5.61. The molecule has 98 heavy (non-hydrogen) atoms. The third-order valence-electron chi connectivity index (χ3n) is 21.2. The van der Waals surface area contributed by atoms with Crippen LogP contribution in [0, 0.1) is 0 Å². The summed E-state index contributed by atoms with van der Waals surface area (Å²) < 4.78 is 2.31. The topological polar surface area (TPSA) is 46.8 Å².